The predicted molar refractivity (Wildman–Crippen MR) is 81.2 cm³/mol. The van der Waals surface area contributed by atoms with E-state index in [9.17, 15) is 5.11 Å². The molecule has 6 heteroatoms. The van der Waals surface area contributed by atoms with Crippen LogP contribution in [0, 0.1) is 6.92 Å². The van der Waals surface area contributed by atoms with Crippen molar-refractivity contribution in [2.75, 3.05) is 11.9 Å². The summed E-state index contributed by atoms with van der Waals surface area (Å²) >= 11 is 7.51. The van der Waals surface area contributed by atoms with Crippen LogP contribution in [0.2, 0.25) is 5.28 Å². The Kier molecular flexibility index (Phi) is 4.28. The van der Waals surface area contributed by atoms with Gasteiger partial charge in [-0.15, -0.1) is 11.3 Å². The van der Waals surface area contributed by atoms with Gasteiger partial charge in [0.05, 0.1) is 11.0 Å². The molecule has 2 rings (SSSR count). The summed E-state index contributed by atoms with van der Waals surface area (Å²) in [7, 11) is 0. The Morgan fingerprint density at radius 3 is 2.89 bits per heavy atom. The van der Waals surface area contributed by atoms with E-state index in [0.717, 1.165) is 27.9 Å². The second-order valence-electron chi connectivity index (χ2n) is 5.02. The van der Waals surface area contributed by atoms with Gasteiger partial charge in [0.1, 0.15) is 10.6 Å². The minimum absolute atomic E-state index is 0.229. The maximum Gasteiger partial charge on any atom is 0.225 e. The lowest BCUT2D eigenvalue weighted by Gasteiger charge is -2.23. The number of hydrogen-bond donors (Lipinski definition) is 2. The largest absolute Gasteiger partial charge is 0.388 e. The molecule has 2 aromatic rings. The molecule has 0 bridgehead atoms. The van der Waals surface area contributed by atoms with Gasteiger partial charge < -0.3 is 10.4 Å². The highest BCUT2D eigenvalue weighted by atomic mass is 35.5. The molecule has 0 aliphatic carbocycles. The van der Waals surface area contributed by atoms with E-state index in [4.69, 9.17) is 11.6 Å². The zero-order chi connectivity index (χ0) is 14.0. The molecule has 0 saturated heterocycles. The average Bonchev–Trinajstić information content (AvgIpc) is 2.66. The fourth-order valence-electron chi connectivity index (χ4n) is 2.05. The van der Waals surface area contributed by atoms with Gasteiger partial charge in [-0.1, -0.05) is 13.3 Å². The highest BCUT2D eigenvalue weighted by Gasteiger charge is 2.20. The molecule has 19 heavy (non-hydrogen) atoms. The number of nitrogens with one attached hydrogen (secondary N) is 1. The molecule has 4 nitrogen and oxygen atoms in total. The van der Waals surface area contributed by atoms with Crippen molar-refractivity contribution in [3.8, 4) is 0 Å². The summed E-state index contributed by atoms with van der Waals surface area (Å²) in [5.41, 5.74) is -0.746. The summed E-state index contributed by atoms with van der Waals surface area (Å²) < 4.78 is 0. The lowest BCUT2D eigenvalue weighted by Crippen LogP contribution is -2.33. The van der Waals surface area contributed by atoms with E-state index in [1.165, 1.54) is 0 Å². The highest BCUT2D eigenvalue weighted by Crippen LogP contribution is 2.29. The van der Waals surface area contributed by atoms with Crippen LogP contribution >= 0.6 is 22.9 Å². The van der Waals surface area contributed by atoms with Crippen molar-refractivity contribution >= 4 is 39.0 Å². The van der Waals surface area contributed by atoms with Crippen molar-refractivity contribution in [2.45, 2.75) is 39.2 Å². The summed E-state index contributed by atoms with van der Waals surface area (Å²) in [6.45, 7) is 6.34. The molecule has 2 N–H and O–H groups in total. The highest BCUT2D eigenvalue weighted by molar-refractivity contribution is 7.18. The third kappa shape index (κ3) is 3.55. The number of fused-ring (bicyclic) bond motifs is 1. The molecule has 0 amide bonds. The van der Waals surface area contributed by atoms with Gasteiger partial charge in [0.25, 0.3) is 0 Å². The number of aromatic nitrogens is 2. The Morgan fingerprint density at radius 2 is 2.21 bits per heavy atom. The van der Waals surface area contributed by atoms with Gasteiger partial charge in [0, 0.05) is 11.4 Å². The maximum atomic E-state index is 10.2. The van der Waals surface area contributed by atoms with Crippen LogP contribution in [0.5, 0.6) is 0 Å². The molecule has 104 valence electrons. The van der Waals surface area contributed by atoms with E-state index >= 15 is 0 Å². The number of hydrogen-bond acceptors (Lipinski definition) is 5. The van der Waals surface area contributed by atoms with Crippen molar-refractivity contribution in [1.82, 2.24) is 9.97 Å². The zero-order valence-corrected chi connectivity index (χ0v) is 12.9. The minimum atomic E-state index is -0.746. The van der Waals surface area contributed by atoms with E-state index in [-0.39, 0.29) is 5.28 Å². The van der Waals surface area contributed by atoms with Gasteiger partial charge in [-0.05, 0) is 37.9 Å². The lowest BCUT2D eigenvalue weighted by molar-refractivity contribution is 0.0636. The van der Waals surface area contributed by atoms with Crippen LogP contribution in [0.25, 0.3) is 10.2 Å². The number of halogens is 1. The Hall–Kier alpha value is -0.910. The first kappa shape index (κ1) is 14.5. The van der Waals surface area contributed by atoms with Crippen LogP contribution in [0.4, 0.5) is 5.82 Å². The van der Waals surface area contributed by atoms with Gasteiger partial charge in [0.2, 0.25) is 5.28 Å². The van der Waals surface area contributed by atoms with E-state index in [0.29, 0.717) is 12.4 Å². The van der Waals surface area contributed by atoms with E-state index in [1.54, 1.807) is 11.3 Å². The maximum absolute atomic E-state index is 10.2. The number of thiophene rings is 1. The SMILES string of the molecule is CCCC(C)(O)CNc1nc(Cl)nc2sc(C)cc12. The molecule has 2 heterocycles. The summed E-state index contributed by atoms with van der Waals surface area (Å²) in [5, 5.41) is 14.6. The van der Waals surface area contributed by atoms with Crippen LogP contribution in [0.1, 0.15) is 31.6 Å². The van der Waals surface area contributed by atoms with Crippen LogP contribution in [-0.2, 0) is 0 Å². The quantitative estimate of drug-likeness (QED) is 0.828. The molecule has 1 atom stereocenters. The minimum Gasteiger partial charge on any atom is -0.388 e. The first-order chi connectivity index (χ1) is 8.91. The Labute approximate surface area is 121 Å². The molecule has 0 aliphatic heterocycles. The molecule has 0 fully saturated rings. The first-order valence-electron chi connectivity index (χ1n) is 6.31. The van der Waals surface area contributed by atoms with Gasteiger partial charge in [0.15, 0.2) is 0 Å². The third-order valence-corrected chi connectivity index (χ3v) is 4.03. The second-order valence-corrected chi connectivity index (χ2v) is 6.59. The number of aryl methyl sites for hydroxylation is 1. The molecule has 0 radical (unpaired) electrons. The molecule has 0 spiro atoms. The van der Waals surface area contributed by atoms with Crippen molar-refractivity contribution in [3.05, 3.63) is 16.2 Å². The smallest absolute Gasteiger partial charge is 0.225 e. The summed E-state index contributed by atoms with van der Waals surface area (Å²) in [6, 6.07) is 2.03. The molecule has 0 saturated carbocycles. The monoisotopic (exact) mass is 299 g/mol. The van der Waals surface area contributed by atoms with Crippen LogP contribution < -0.4 is 5.32 Å². The summed E-state index contributed by atoms with van der Waals surface area (Å²) in [5.74, 6) is 0.690. The van der Waals surface area contributed by atoms with Gasteiger partial charge in [-0.2, -0.15) is 0 Å². The van der Waals surface area contributed by atoms with E-state index < -0.39 is 5.60 Å². The summed E-state index contributed by atoms with van der Waals surface area (Å²) in [6.07, 6.45) is 1.68. The fraction of sp³-hybridized carbons (Fsp3) is 0.538. The Morgan fingerprint density at radius 1 is 1.47 bits per heavy atom. The molecule has 2 aromatic heterocycles. The van der Waals surface area contributed by atoms with Crippen molar-refractivity contribution in [1.29, 1.82) is 0 Å². The van der Waals surface area contributed by atoms with Crippen molar-refractivity contribution in [3.63, 3.8) is 0 Å². The van der Waals surface area contributed by atoms with Crippen LogP contribution in [0.15, 0.2) is 6.07 Å². The molecular formula is C13H18ClN3OS. The average molecular weight is 300 g/mol. The molecule has 0 aromatic carbocycles. The number of aliphatic hydroxyl groups is 1. The molecule has 1 unspecified atom stereocenters. The summed E-state index contributed by atoms with van der Waals surface area (Å²) in [4.78, 5) is 10.5. The normalized spacial score (nSPS) is 14.6. The van der Waals surface area contributed by atoms with Crippen LogP contribution in [-0.4, -0.2) is 27.2 Å². The van der Waals surface area contributed by atoms with E-state index in [2.05, 4.69) is 22.2 Å². The van der Waals surface area contributed by atoms with Crippen LogP contribution in [0.3, 0.4) is 0 Å². The second kappa shape index (κ2) is 5.61. The number of nitrogens with zero attached hydrogens (tertiary/aromatic N) is 2. The van der Waals surface area contributed by atoms with Gasteiger partial charge in [-0.25, -0.2) is 9.97 Å². The topological polar surface area (TPSA) is 58.0 Å². The van der Waals surface area contributed by atoms with Gasteiger partial charge >= 0.3 is 0 Å². The van der Waals surface area contributed by atoms with Crippen molar-refractivity contribution < 1.29 is 5.11 Å². The van der Waals surface area contributed by atoms with Crippen molar-refractivity contribution in [2.24, 2.45) is 0 Å². The van der Waals surface area contributed by atoms with Gasteiger partial charge in [-0.3, -0.25) is 0 Å². The van der Waals surface area contributed by atoms with E-state index in [1.807, 2.05) is 19.9 Å². The number of rotatable bonds is 5. The molecule has 0 aliphatic rings. The Bertz CT molecular complexity index is 583. The third-order valence-electron chi connectivity index (χ3n) is 2.91. The zero-order valence-electron chi connectivity index (χ0n) is 11.3. The lowest BCUT2D eigenvalue weighted by atomic mass is 10.0. The first-order valence-corrected chi connectivity index (χ1v) is 7.50. The number of anilines is 1. The molecular weight excluding hydrogens is 282 g/mol. The predicted octanol–water partition coefficient (Wildman–Crippen LogP) is 3.62. The standard InChI is InChI=1S/C13H18ClN3OS/c1-4-5-13(3,18)7-15-10-9-6-8(2)19-11(9)17-12(14)16-10/h6,18H,4-5,7H2,1-3H3,(H,15,16,17). The fourth-order valence-corrected chi connectivity index (χ4v) is 3.15. The Balaban J connectivity index is 2.25.